The molecular weight excluding hydrogens is 781 g/mol. The van der Waals surface area contributed by atoms with Crippen LogP contribution in [0, 0.1) is 0 Å². The fourth-order valence-electron chi connectivity index (χ4n) is 6.63. The molecule has 3 atom stereocenters. The molecule has 60 heavy (non-hydrogen) atoms. The Balaban J connectivity index is 3.86. The predicted molar refractivity (Wildman–Crippen MR) is 245 cm³/mol. The fourth-order valence-corrected chi connectivity index (χ4v) is 7.41. The van der Waals surface area contributed by atoms with Gasteiger partial charge in [-0.25, -0.2) is 9.36 Å². The Morgan fingerprint density at radius 1 is 0.533 bits per heavy atom. The summed E-state index contributed by atoms with van der Waals surface area (Å²) in [4.78, 5) is 46.0. The number of amides is 1. The monoisotopic (exact) mass is 870 g/mol. The Morgan fingerprint density at radius 3 is 1.40 bits per heavy atom. The number of phosphoric ester groups is 1. The molecule has 0 aromatic rings. The number of aliphatic carboxylic acids is 1. The van der Waals surface area contributed by atoms with Gasteiger partial charge < -0.3 is 25.2 Å². The molecule has 12 heteroatoms. The quantitative estimate of drug-likeness (QED) is 0.0200. The highest BCUT2D eigenvalue weighted by Crippen LogP contribution is 2.43. The largest absolute Gasteiger partial charge is 0.480 e. The van der Waals surface area contributed by atoms with Gasteiger partial charge in [-0.3, -0.25) is 18.6 Å². The van der Waals surface area contributed by atoms with Crippen LogP contribution in [-0.4, -0.2) is 64.9 Å². The van der Waals surface area contributed by atoms with Gasteiger partial charge >= 0.3 is 19.8 Å². The smallest absolute Gasteiger partial charge is 0.472 e. The highest BCUT2D eigenvalue weighted by atomic mass is 31.2. The second kappa shape index (κ2) is 43.4. The van der Waals surface area contributed by atoms with Crippen molar-refractivity contribution in [2.75, 3.05) is 19.8 Å². The summed E-state index contributed by atoms with van der Waals surface area (Å²) < 4.78 is 26.9. The number of nitrogens with one attached hydrogen (secondary N) is 1. The van der Waals surface area contributed by atoms with E-state index in [2.05, 4.69) is 55.6 Å². The van der Waals surface area contributed by atoms with Crippen LogP contribution in [0.4, 0.5) is 0 Å². The number of allylic oxidation sites excluding steroid dienone is 6. The van der Waals surface area contributed by atoms with E-state index in [1.54, 1.807) is 0 Å². The SMILES string of the molecule is CCCCC/C=C\C/C=C\CCCCCCCC(=O)OCC(O)COP(=O)(O)OCC(NC(=O)CCCCCCCCCCCCC/C=C/CCCCCCCC)C(=O)O. The van der Waals surface area contributed by atoms with Crippen molar-refractivity contribution in [2.24, 2.45) is 0 Å². The van der Waals surface area contributed by atoms with Crippen LogP contribution in [0.3, 0.4) is 0 Å². The molecule has 4 N–H and O–H groups in total. The highest BCUT2D eigenvalue weighted by molar-refractivity contribution is 7.47. The van der Waals surface area contributed by atoms with Gasteiger partial charge in [0.25, 0.3) is 0 Å². The number of ether oxygens (including phenoxy) is 1. The summed E-state index contributed by atoms with van der Waals surface area (Å²) in [7, 11) is -4.76. The molecule has 0 saturated carbocycles. The van der Waals surface area contributed by atoms with Gasteiger partial charge in [-0.15, -0.1) is 0 Å². The van der Waals surface area contributed by atoms with Crippen molar-refractivity contribution >= 4 is 25.7 Å². The summed E-state index contributed by atoms with van der Waals surface area (Å²) in [6, 6.07) is -1.55. The summed E-state index contributed by atoms with van der Waals surface area (Å²) >= 11 is 0. The summed E-state index contributed by atoms with van der Waals surface area (Å²) in [5.74, 6) is -2.38. The number of hydrogen-bond donors (Lipinski definition) is 4. The third-order valence-electron chi connectivity index (χ3n) is 10.4. The number of aliphatic hydroxyl groups is 1. The van der Waals surface area contributed by atoms with E-state index < -0.39 is 57.6 Å². The number of phosphoric acid groups is 1. The van der Waals surface area contributed by atoms with Gasteiger partial charge in [-0.1, -0.05) is 172 Å². The number of carbonyl (C=O) groups is 3. The van der Waals surface area contributed by atoms with Crippen molar-refractivity contribution in [1.82, 2.24) is 5.32 Å². The van der Waals surface area contributed by atoms with Gasteiger partial charge in [-0.2, -0.15) is 0 Å². The second-order valence-electron chi connectivity index (χ2n) is 16.3. The van der Waals surface area contributed by atoms with Crippen LogP contribution < -0.4 is 5.32 Å². The molecule has 350 valence electrons. The summed E-state index contributed by atoms with van der Waals surface area (Å²) in [5.41, 5.74) is 0. The third-order valence-corrected chi connectivity index (χ3v) is 11.4. The molecule has 0 aliphatic rings. The van der Waals surface area contributed by atoms with Gasteiger partial charge in [0.1, 0.15) is 12.7 Å². The predicted octanol–water partition coefficient (Wildman–Crippen LogP) is 12.8. The lowest BCUT2D eigenvalue weighted by Crippen LogP contribution is -2.43. The molecule has 0 aromatic heterocycles. The Kier molecular flexibility index (Phi) is 41.7. The van der Waals surface area contributed by atoms with Crippen LogP contribution in [0.25, 0.3) is 0 Å². The highest BCUT2D eigenvalue weighted by Gasteiger charge is 2.28. The van der Waals surface area contributed by atoms with E-state index in [9.17, 15) is 34.1 Å². The topological polar surface area (TPSA) is 169 Å². The summed E-state index contributed by atoms with van der Waals surface area (Å²) in [6.07, 6.45) is 47.3. The molecule has 0 aliphatic heterocycles. The first-order valence-corrected chi connectivity index (χ1v) is 25.5. The first kappa shape index (κ1) is 57.7. The normalized spacial score (nSPS) is 13.9. The molecular formula is C48H88NO10P. The number of rotatable bonds is 45. The number of aliphatic hydroxyl groups excluding tert-OH is 1. The summed E-state index contributed by atoms with van der Waals surface area (Å²) in [6.45, 7) is 2.57. The molecule has 1 amide bonds. The maximum atomic E-state index is 12.4. The van der Waals surface area contributed by atoms with Crippen molar-refractivity contribution < 1.29 is 47.8 Å². The molecule has 3 unspecified atom stereocenters. The number of carboxylic acids is 1. The molecule has 0 aliphatic carbocycles. The molecule has 11 nitrogen and oxygen atoms in total. The average molecular weight is 870 g/mol. The zero-order chi connectivity index (χ0) is 44.2. The Labute approximate surface area is 365 Å². The minimum Gasteiger partial charge on any atom is -0.480 e. The molecule has 0 bridgehead atoms. The molecule has 0 heterocycles. The first-order valence-electron chi connectivity index (χ1n) is 24.0. The van der Waals surface area contributed by atoms with Crippen LogP contribution in [0.15, 0.2) is 36.5 Å². The van der Waals surface area contributed by atoms with Gasteiger partial charge in [-0.05, 0) is 70.6 Å². The van der Waals surface area contributed by atoms with Crippen molar-refractivity contribution in [3.63, 3.8) is 0 Å². The number of carbonyl (C=O) groups excluding carboxylic acids is 2. The van der Waals surface area contributed by atoms with E-state index in [1.165, 1.54) is 116 Å². The molecule has 0 radical (unpaired) electrons. The zero-order valence-corrected chi connectivity index (χ0v) is 38.9. The van der Waals surface area contributed by atoms with E-state index in [0.717, 1.165) is 64.2 Å². The van der Waals surface area contributed by atoms with Gasteiger partial charge in [0.05, 0.1) is 13.2 Å². The Morgan fingerprint density at radius 2 is 0.917 bits per heavy atom. The lowest BCUT2D eigenvalue weighted by molar-refractivity contribution is -0.147. The molecule has 0 saturated heterocycles. The minimum absolute atomic E-state index is 0.145. The van der Waals surface area contributed by atoms with E-state index in [1.807, 2.05) is 0 Å². The molecule has 0 aromatic carbocycles. The second-order valence-corrected chi connectivity index (χ2v) is 17.7. The van der Waals surface area contributed by atoms with Gasteiger partial charge in [0.15, 0.2) is 6.04 Å². The lowest BCUT2D eigenvalue weighted by atomic mass is 10.0. The van der Waals surface area contributed by atoms with Crippen LogP contribution in [-0.2, 0) is 32.7 Å². The van der Waals surface area contributed by atoms with Crippen molar-refractivity contribution in [1.29, 1.82) is 0 Å². The van der Waals surface area contributed by atoms with Gasteiger partial charge in [0.2, 0.25) is 5.91 Å². The number of esters is 1. The van der Waals surface area contributed by atoms with Crippen molar-refractivity contribution in [3.8, 4) is 0 Å². The number of carboxylic acid groups (broad SMARTS) is 1. The maximum Gasteiger partial charge on any atom is 0.472 e. The summed E-state index contributed by atoms with van der Waals surface area (Å²) in [5, 5.41) is 21.9. The van der Waals surface area contributed by atoms with Crippen LogP contribution in [0.2, 0.25) is 0 Å². The standard InChI is InChI=1S/C48H88NO10P/c1-3-5-7-9-11-13-15-17-19-20-21-22-23-24-26-27-29-31-33-35-37-39-46(51)49-45(48(53)54)43-59-60(55,56)58-42-44(50)41-57-47(52)40-38-36-34-32-30-28-25-18-16-14-12-10-8-6-4-2/h12,14,17-19,25,44-45,50H,3-11,13,15-16,20-24,26-43H2,1-2H3,(H,49,51)(H,53,54)(H,55,56)/b14-12-,19-17+,25-18-. The number of hydrogen-bond acceptors (Lipinski definition) is 8. The zero-order valence-electron chi connectivity index (χ0n) is 38.0. The van der Waals surface area contributed by atoms with Crippen LogP contribution >= 0.6 is 7.82 Å². The van der Waals surface area contributed by atoms with E-state index >= 15 is 0 Å². The third kappa shape index (κ3) is 42.4. The fraction of sp³-hybridized carbons (Fsp3) is 0.812. The van der Waals surface area contributed by atoms with Crippen LogP contribution in [0.1, 0.15) is 219 Å². The van der Waals surface area contributed by atoms with E-state index in [-0.39, 0.29) is 12.8 Å². The van der Waals surface area contributed by atoms with Crippen molar-refractivity contribution in [2.45, 2.75) is 231 Å². The first-order chi connectivity index (χ1) is 29.1. The molecule has 0 fully saturated rings. The van der Waals surface area contributed by atoms with Crippen molar-refractivity contribution in [3.05, 3.63) is 36.5 Å². The molecule has 0 rings (SSSR count). The number of unbranched alkanes of at least 4 members (excludes halogenated alkanes) is 25. The molecule has 0 spiro atoms. The lowest BCUT2D eigenvalue weighted by Gasteiger charge is -2.18. The minimum atomic E-state index is -4.76. The van der Waals surface area contributed by atoms with Gasteiger partial charge in [0, 0.05) is 12.8 Å². The average Bonchev–Trinajstić information content (AvgIpc) is 3.22. The van der Waals surface area contributed by atoms with E-state index in [4.69, 9.17) is 13.8 Å². The van der Waals surface area contributed by atoms with E-state index in [0.29, 0.717) is 12.8 Å². The van der Waals surface area contributed by atoms with Crippen LogP contribution in [0.5, 0.6) is 0 Å². The Bertz CT molecular complexity index is 1160. The Hall–Kier alpha value is -2.30. The maximum absolute atomic E-state index is 12.4.